The second-order valence-electron chi connectivity index (χ2n) is 5.12. The van der Waals surface area contributed by atoms with Gasteiger partial charge in [0.1, 0.15) is 0 Å². The van der Waals surface area contributed by atoms with E-state index in [9.17, 15) is 4.79 Å². The van der Waals surface area contributed by atoms with E-state index in [1.54, 1.807) is 6.07 Å². The van der Waals surface area contributed by atoms with Crippen LogP contribution < -0.4 is 4.90 Å². The van der Waals surface area contributed by atoms with E-state index in [1.807, 2.05) is 12.1 Å². The highest BCUT2D eigenvalue weighted by molar-refractivity contribution is 5.89. The summed E-state index contributed by atoms with van der Waals surface area (Å²) in [6.07, 6.45) is 5.09. The first-order chi connectivity index (χ1) is 8.24. The fourth-order valence-corrected chi connectivity index (χ4v) is 2.56. The Morgan fingerprint density at radius 1 is 1.41 bits per heavy atom. The number of hydrogen-bond acceptors (Lipinski definition) is 2. The first-order valence-corrected chi connectivity index (χ1v) is 6.35. The lowest BCUT2D eigenvalue weighted by atomic mass is 10.1. The molecule has 1 aliphatic carbocycles. The topological polar surface area (TPSA) is 40.5 Å². The molecule has 1 N–H and O–H groups in total. The van der Waals surface area contributed by atoms with Crippen LogP contribution in [0.1, 0.15) is 35.2 Å². The van der Waals surface area contributed by atoms with Gasteiger partial charge in [0.2, 0.25) is 0 Å². The number of benzene rings is 1. The third kappa shape index (κ3) is 2.14. The van der Waals surface area contributed by atoms with E-state index in [0.29, 0.717) is 5.56 Å². The van der Waals surface area contributed by atoms with Gasteiger partial charge in [-0.25, -0.2) is 4.79 Å². The molecule has 0 radical (unpaired) electrons. The number of carbonyl (C=O) groups is 1. The Labute approximate surface area is 101 Å². The van der Waals surface area contributed by atoms with Crippen LogP contribution in [0, 0.1) is 5.92 Å². The van der Waals surface area contributed by atoms with Crippen LogP contribution in [0.5, 0.6) is 0 Å². The molecule has 3 rings (SSSR count). The Morgan fingerprint density at radius 2 is 2.24 bits per heavy atom. The molecule has 0 bridgehead atoms. The quantitative estimate of drug-likeness (QED) is 0.865. The molecule has 1 fully saturated rings. The number of hydrogen-bond donors (Lipinski definition) is 1. The molecule has 17 heavy (non-hydrogen) atoms. The summed E-state index contributed by atoms with van der Waals surface area (Å²) in [6.45, 7) is 2.13. The minimum Gasteiger partial charge on any atom is -0.478 e. The number of carboxylic acid groups (broad SMARTS) is 1. The molecule has 2 aliphatic rings. The predicted molar refractivity (Wildman–Crippen MR) is 66.7 cm³/mol. The highest BCUT2D eigenvalue weighted by Gasteiger charge is 2.25. The van der Waals surface area contributed by atoms with Crippen LogP contribution in [0.15, 0.2) is 18.2 Å². The third-order valence-corrected chi connectivity index (χ3v) is 3.83. The molecule has 0 aromatic heterocycles. The van der Waals surface area contributed by atoms with E-state index in [2.05, 4.69) is 4.90 Å². The first kappa shape index (κ1) is 10.6. The maximum Gasteiger partial charge on any atom is 0.335 e. The second-order valence-corrected chi connectivity index (χ2v) is 5.12. The molecule has 1 heterocycles. The maximum absolute atomic E-state index is 11.0. The lowest BCUT2D eigenvalue weighted by Crippen LogP contribution is -2.22. The molecular weight excluding hydrogens is 214 g/mol. The zero-order valence-electron chi connectivity index (χ0n) is 9.85. The molecule has 3 heteroatoms. The summed E-state index contributed by atoms with van der Waals surface area (Å²) in [5, 5.41) is 9.01. The van der Waals surface area contributed by atoms with Gasteiger partial charge in [-0.3, -0.25) is 0 Å². The van der Waals surface area contributed by atoms with Crippen molar-refractivity contribution in [2.75, 3.05) is 18.0 Å². The van der Waals surface area contributed by atoms with E-state index in [-0.39, 0.29) is 0 Å². The van der Waals surface area contributed by atoms with Gasteiger partial charge in [-0.05, 0) is 36.5 Å². The van der Waals surface area contributed by atoms with Crippen LogP contribution in [-0.2, 0) is 6.42 Å². The van der Waals surface area contributed by atoms with Crippen LogP contribution in [0.25, 0.3) is 0 Å². The second kappa shape index (κ2) is 4.06. The van der Waals surface area contributed by atoms with Crippen molar-refractivity contribution in [2.24, 2.45) is 5.92 Å². The molecule has 90 valence electrons. The molecule has 0 amide bonds. The normalized spacial score (nSPS) is 18.2. The SMILES string of the molecule is O=C(O)c1ccc2c(c1)N(CCC1CC1)CC2. The summed E-state index contributed by atoms with van der Waals surface area (Å²) in [5.74, 6) is 0.101. The molecule has 1 aliphatic heterocycles. The van der Waals surface area contributed by atoms with Gasteiger partial charge in [0, 0.05) is 18.8 Å². The standard InChI is InChI=1S/C14H17NO2/c16-14(17)12-4-3-11-6-8-15(13(11)9-12)7-5-10-1-2-10/h3-4,9-10H,1-2,5-8H2,(H,16,17). The fourth-order valence-electron chi connectivity index (χ4n) is 2.56. The van der Waals surface area contributed by atoms with E-state index in [4.69, 9.17) is 5.11 Å². The minimum absolute atomic E-state index is 0.405. The zero-order chi connectivity index (χ0) is 11.8. The fraction of sp³-hybridized carbons (Fsp3) is 0.500. The number of anilines is 1. The van der Waals surface area contributed by atoms with Crippen molar-refractivity contribution in [3.05, 3.63) is 29.3 Å². The average Bonchev–Trinajstić information content (AvgIpc) is 3.06. The Bertz CT molecular complexity index is 452. The maximum atomic E-state index is 11.0. The molecule has 0 unspecified atom stereocenters. The molecule has 3 nitrogen and oxygen atoms in total. The lowest BCUT2D eigenvalue weighted by molar-refractivity contribution is 0.0697. The van der Waals surface area contributed by atoms with Gasteiger partial charge in [-0.2, -0.15) is 0 Å². The highest BCUT2D eigenvalue weighted by Crippen LogP contribution is 2.35. The summed E-state index contributed by atoms with van der Waals surface area (Å²) < 4.78 is 0. The average molecular weight is 231 g/mol. The Morgan fingerprint density at radius 3 is 2.94 bits per heavy atom. The zero-order valence-corrected chi connectivity index (χ0v) is 9.85. The van der Waals surface area contributed by atoms with Crippen molar-refractivity contribution in [2.45, 2.75) is 25.7 Å². The van der Waals surface area contributed by atoms with Crippen molar-refractivity contribution in [1.82, 2.24) is 0 Å². The van der Waals surface area contributed by atoms with E-state index >= 15 is 0 Å². The van der Waals surface area contributed by atoms with Gasteiger partial charge in [0.05, 0.1) is 5.56 Å². The van der Waals surface area contributed by atoms with Crippen molar-refractivity contribution < 1.29 is 9.90 Å². The van der Waals surface area contributed by atoms with E-state index in [0.717, 1.165) is 31.1 Å². The third-order valence-electron chi connectivity index (χ3n) is 3.83. The van der Waals surface area contributed by atoms with Crippen molar-refractivity contribution >= 4 is 11.7 Å². The van der Waals surface area contributed by atoms with Crippen LogP contribution >= 0.6 is 0 Å². The number of carboxylic acids is 1. The summed E-state index contributed by atoms with van der Waals surface area (Å²) in [5.41, 5.74) is 2.85. The van der Waals surface area contributed by atoms with E-state index in [1.165, 1.54) is 24.8 Å². The molecule has 1 saturated carbocycles. The smallest absolute Gasteiger partial charge is 0.335 e. The van der Waals surface area contributed by atoms with E-state index < -0.39 is 5.97 Å². The molecule has 0 saturated heterocycles. The van der Waals surface area contributed by atoms with Gasteiger partial charge in [-0.15, -0.1) is 0 Å². The number of fused-ring (bicyclic) bond motifs is 1. The summed E-state index contributed by atoms with van der Waals surface area (Å²) in [6, 6.07) is 5.51. The van der Waals surface area contributed by atoms with Gasteiger partial charge in [0.15, 0.2) is 0 Å². The molecular formula is C14H17NO2. The molecule has 0 atom stereocenters. The van der Waals surface area contributed by atoms with Crippen molar-refractivity contribution in [3.63, 3.8) is 0 Å². The molecule has 1 aromatic carbocycles. The number of aromatic carboxylic acids is 1. The van der Waals surface area contributed by atoms with Crippen molar-refractivity contribution in [3.8, 4) is 0 Å². The first-order valence-electron chi connectivity index (χ1n) is 6.35. The summed E-state index contributed by atoms with van der Waals surface area (Å²) in [7, 11) is 0. The van der Waals surface area contributed by atoms with Crippen LogP contribution in [-0.4, -0.2) is 24.2 Å². The summed E-state index contributed by atoms with van der Waals surface area (Å²) >= 11 is 0. The van der Waals surface area contributed by atoms with Gasteiger partial charge < -0.3 is 10.0 Å². The van der Waals surface area contributed by atoms with Gasteiger partial charge >= 0.3 is 5.97 Å². The van der Waals surface area contributed by atoms with Crippen LogP contribution in [0.3, 0.4) is 0 Å². The van der Waals surface area contributed by atoms with Gasteiger partial charge in [-0.1, -0.05) is 18.9 Å². The lowest BCUT2D eigenvalue weighted by Gasteiger charge is -2.19. The minimum atomic E-state index is -0.832. The van der Waals surface area contributed by atoms with Gasteiger partial charge in [0.25, 0.3) is 0 Å². The Kier molecular flexibility index (Phi) is 2.54. The number of rotatable bonds is 4. The molecule has 0 spiro atoms. The largest absolute Gasteiger partial charge is 0.478 e. The Balaban J connectivity index is 1.78. The summed E-state index contributed by atoms with van der Waals surface area (Å²) in [4.78, 5) is 13.3. The van der Waals surface area contributed by atoms with Crippen LogP contribution in [0.2, 0.25) is 0 Å². The molecule has 1 aromatic rings. The van der Waals surface area contributed by atoms with Crippen molar-refractivity contribution in [1.29, 1.82) is 0 Å². The van der Waals surface area contributed by atoms with Crippen LogP contribution in [0.4, 0.5) is 5.69 Å². The number of nitrogens with zero attached hydrogens (tertiary/aromatic N) is 1. The monoisotopic (exact) mass is 231 g/mol. The predicted octanol–water partition coefficient (Wildman–Crippen LogP) is 2.55. The Hall–Kier alpha value is -1.51. The highest BCUT2D eigenvalue weighted by atomic mass is 16.4.